The first-order valence-electron chi connectivity index (χ1n) is 9.53. The second kappa shape index (κ2) is 6.93. The Hall–Kier alpha value is -3.47. The molecule has 2 aromatic carbocycles. The van der Waals surface area contributed by atoms with Gasteiger partial charge in [-0.15, -0.1) is 0 Å². The number of rotatable bonds is 5. The molecule has 5 rings (SSSR count). The molecule has 138 valence electrons. The third-order valence-corrected chi connectivity index (χ3v) is 5.20. The quantitative estimate of drug-likeness (QED) is 0.567. The molecule has 1 aliphatic rings. The normalized spacial score (nSPS) is 13.6. The zero-order valence-corrected chi connectivity index (χ0v) is 15.4. The number of aromatic nitrogens is 3. The number of nitrogens with zero attached hydrogens (tertiary/aromatic N) is 3. The van der Waals surface area contributed by atoms with Crippen LogP contribution < -0.4 is 0 Å². The number of H-pyrrole nitrogens is 1. The van der Waals surface area contributed by atoms with E-state index in [0.29, 0.717) is 18.3 Å². The summed E-state index contributed by atoms with van der Waals surface area (Å²) in [4.78, 5) is 19.5. The molecule has 2 aromatic heterocycles. The average molecular weight is 368 g/mol. The SMILES string of the molecule is O=C(c1n[nH]c2ccccc12)N(Cc1cccc(-c2cccnc2)c1)C1CC1. The molecule has 4 aromatic rings. The number of amides is 1. The van der Waals surface area contributed by atoms with E-state index in [0.717, 1.165) is 40.4 Å². The molecule has 0 radical (unpaired) electrons. The van der Waals surface area contributed by atoms with Crippen molar-refractivity contribution in [2.45, 2.75) is 25.4 Å². The number of carbonyl (C=O) groups is 1. The minimum absolute atomic E-state index is 0.00766. The topological polar surface area (TPSA) is 61.9 Å². The largest absolute Gasteiger partial charge is 0.330 e. The van der Waals surface area contributed by atoms with Crippen molar-refractivity contribution < 1.29 is 4.79 Å². The lowest BCUT2D eigenvalue weighted by Gasteiger charge is -2.22. The number of fused-ring (bicyclic) bond motifs is 1. The van der Waals surface area contributed by atoms with Crippen molar-refractivity contribution >= 4 is 16.8 Å². The molecule has 1 N–H and O–H groups in total. The zero-order chi connectivity index (χ0) is 18.9. The van der Waals surface area contributed by atoms with Crippen LogP contribution in [0, 0.1) is 0 Å². The molecule has 0 aliphatic heterocycles. The van der Waals surface area contributed by atoms with E-state index in [9.17, 15) is 4.79 Å². The summed E-state index contributed by atoms with van der Waals surface area (Å²) in [5.74, 6) is -0.00766. The number of pyridine rings is 1. The first kappa shape index (κ1) is 16.7. The van der Waals surface area contributed by atoms with Crippen LogP contribution in [0.4, 0.5) is 0 Å². The van der Waals surface area contributed by atoms with Crippen molar-refractivity contribution in [2.24, 2.45) is 0 Å². The van der Waals surface area contributed by atoms with E-state index in [2.05, 4.69) is 33.4 Å². The van der Waals surface area contributed by atoms with Gasteiger partial charge in [0.05, 0.1) is 5.52 Å². The van der Waals surface area contributed by atoms with Gasteiger partial charge in [0, 0.05) is 30.4 Å². The molecule has 1 aliphatic carbocycles. The van der Waals surface area contributed by atoms with Crippen LogP contribution in [0.2, 0.25) is 0 Å². The van der Waals surface area contributed by atoms with Gasteiger partial charge < -0.3 is 4.90 Å². The van der Waals surface area contributed by atoms with E-state index in [-0.39, 0.29) is 5.91 Å². The van der Waals surface area contributed by atoms with E-state index >= 15 is 0 Å². The van der Waals surface area contributed by atoms with E-state index in [1.807, 2.05) is 53.6 Å². The Balaban J connectivity index is 1.45. The third kappa shape index (κ3) is 3.16. The van der Waals surface area contributed by atoms with Crippen LogP contribution in [-0.4, -0.2) is 32.0 Å². The number of aromatic amines is 1. The fourth-order valence-electron chi connectivity index (χ4n) is 3.59. The monoisotopic (exact) mass is 368 g/mol. The lowest BCUT2D eigenvalue weighted by Crippen LogP contribution is -2.33. The van der Waals surface area contributed by atoms with E-state index < -0.39 is 0 Å². The Bertz CT molecular complexity index is 1130. The predicted molar refractivity (Wildman–Crippen MR) is 109 cm³/mol. The lowest BCUT2D eigenvalue weighted by molar-refractivity contribution is 0.0726. The summed E-state index contributed by atoms with van der Waals surface area (Å²) in [6.07, 6.45) is 5.74. The van der Waals surface area contributed by atoms with Crippen molar-refractivity contribution in [3.8, 4) is 11.1 Å². The van der Waals surface area contributed by atoms with Gasteiger partial charge in [-0.25, -0.2) is 0 Å². The molecule has 1 saturated carbocycles. The van der Waals surface area contributed by atoms with Gasteiger partial charge in [-0.05, 0) is 47.7 Å². The van der Waals surface area contributed by atoms with E-state index in [1.165, 1.54) is 0 Å². The molecular weight excluding hydrogens is 348 g/mol. The number of hydrogen-bond acceptors (Lipinski definition) is 3. The van der Waals surface area contributed by atoms with Gasteiger partial charge in [0.1, 0.15) is 0 Å². The highest BCUT2D eigenvalue weighted by Crippen LogP contribution is 2.31. The van der Waals surface area contributed by atoms with Crippen molar-refractivity contribution in [1.82, 2.24) is 20.1 Å². The predicted octanol–water partition coefficient (Wildman–Crippen LogP) is 4.43. The Morgan fingerprint density at radius 1 is 1.04 bits per heavy atom. The van der Waals surface area contributed by atoms with Crippen LogP contribution >= 0.6 is 0 Å². The molecule has 5 nitrogen and oxygen atoms in total. The van der Waals surface area contributed by atoms with E-state index in [1.54, 1.807) is 6.20 Å². The van der Waals surface area contributed by atoms with Gasteiger partial charge in [0.2, 0.25) is 0 Å². The van der Waals surface area contributed by atoms with Crippen LogP contribution in [0.25, 0.3) is 22.0 Å². The summed E-state index contributed by atoms with van der Waals surface area (Å²) in [6.45, 7) is 0.582. The molecule has 0 unspecified atom stereocenters. The number of nitrogens with one attached hydrogen (secondary N) is 1. The maximum atomic E-state index is 13.3. The van der Waals surface area contributed by atoms with Crippen molar-refractivity contribution in [2.75, 3.05) is 0 Å². The van der Waals surface area contributed by atoms with Crippen molar-refractivity contribution in [1.29, 1.82) is 0 Å². The molecule has 0 spiro atoms. The molecule has 2 heterocycles. The van der Waals surface area contributed by atoms with Gasteiger partial charge in [-0.3, -0.25) is 14.9 Å². The highest BCUT2D eigenvalue weighted by Gasteiger charge is 2.34. The fraction of sp³-hybridized carbons (Fsp3) is 0.174. The Kier molecular flexibility index (Phi) is 4.13. The molecule has 0 atom stereocenters. The minimum Gasteiger partial charge on any atom is -0.330 e. The van der Waals surface area contributed by atoms with Gasteiger partial charge in [-0.2, -0.15) is 5.10 Å². The number of carbonyl (C=O) groups excluding carboxylic acids is 1. The maximum absolute atomic E-state index is 13.3. The summed E-state index contributed by atoms with van der Waals surface area (Å²) < 4.78 is 0. The number of benzene rings is 2. The van der Waals surface area contributed by atoms with Crippen LogP contribution in [0.15, 0.2) is 73.1 Å². The Morgan fingerprint density at radius 3 is 2.71 bits per heavy atom. The average Bonchev–Trinajstić information content (AvgIpc) is 3.50. The summed E-state index contributed by atoms with van der Waals surface area (Å²) in [5.41, 5.74) is 4.69. The second-order valence-electron chi connectivity index (χ2n) is 7.22. The van der Waals surface area contributed by atoms with Crippen LogP contribution in [-0.2, 0) is 6.54 Å². The Labute approximate surface area is 163 Å². The summed E-state index contributed by atoms with van der Waals surface area (Å²) in [6, 6.07) is 20.4. The lowest BCUT2D eigenvalue weighted by atomic mass is 10.0. The smallest absolute Gasteiger partial charge is 0.275 e. The highest BCUT2D eigenvalue weighted by molar-refractivity contribution is 6.04. The molecule has 0 saturated heterocycles. The Morgan fingerprint density at radius 2 is 1.89 bits per heavy atom. The van der Waals surface area contributed by atoms with Gasteiger partial charge in [0.25, 0.3) is 5.91 Å². The van der Waals surface area contributed by atoms with Crippen LogP contribution in [0.3, 0.4) is 0 Å². The highest BCUT2D eigenvalue weighted by atomic mass is 16.2. The number of para-hydroxylation sites is 1. The maximum Gasteiger partial charge on any atom is 0.275 e. The fourth-order valence-corrected chi connectivity index (χ4v) is 3.59. The second-order valence-corrected chi connectivity index (χ2v) is 7.22. The standard InChI is InChI=1S/C23H20N4O/c28-23(22-20-8-1-2-9-21(20)25-26-22)27(19-10-11-19)15-16-5-3-6-17(13-16)18-7-4-12-24-14-18/h1-9,12-14,19H,10-11,15H2,(H,25,26). The minimum atomic E-state index is -0.00766. The zero-order valence-electron chi connectivity index (χ0n) is 15.4. The third-order valence-electron chi connectivity index (χ3n) is 5.20. The van der Waals surface area contributed by atoms with Crippen molar-refractivity contribution in [3.63, 3.8) is 0 Å². The summed E-state index contributed by atoms with van der Waals surface area (Å²) >= 11 is 0. The molecule has 5 heteroatoms. The molecule has 0 bridgehead atoms. The first-order chi connectivity index (χ1) is 13.8. The molecular formula is C23H20N4O. The van der Waals surface area contributed by atoms with Crippen LogP contribution in [0.5, 0.6) is 0 Å². The van der Waals surface area contributed by atoms with Gasteiger partial charge in [-0.1, -0.05) is 42.5 Å². The van der Waals surface area contributed by atoms with Crippen molar-refractivity contribution in [3.05, 3.63) is 84.3 Å². The van der Waals surface area contributed by atoms with Crippen LogP contribution in [0.1, 0.15) is 28.9 Å². The number of hydrogen-bond donors (Lipinski definition) is 1. The molecule has 28 heavy (non-hydrogen) atoms. The van der Waals surface area contributed by atoms with Gasteiger partial charge in [0.15, 0.2) is 5.69 Å². The van der Waals surface area contributed by atoms with E-state index in [4.69, 9.17) is 0 Å². The van der Waals surface area contributed by atoms with Gasteiger partial charge >= 0.3 is 0 Å². The summed E-state index contributed by atoms with van der Waals surface area (Å²) in [5, 5.41) is 8.16. The summed E-state index contributed by atoms with van der Waals surface area (Å²) in [7, 11) is 0. The molecule has 1 amide bonds. The molecule has 1 fully saturated rings. The first-order valence-corrected chi connectivity index (χ1v) is 9.53.